The normalized spacial score (nSPS) is 18.5. The van der Waals surface area contributed by atoms with E-state index in [9.17, 15) is 0 Å². The third-order valence-corrected chi connectivity index (χ3v) is 3.33. The first-order valence-corrected chi connectivity index (χ1v) is 5.68. The average molecular weight is 205 g/mol. The maximum atomic E-state index is 5.59. The van der Waals surface area contributed by atoms with Gasteiger partial charge in [-0.1, -0.05) is 25.3 Å². The Bertz CT molecular complexity index is 303. The first-order valence-electron chi connectivity index (χ1n) is 5.68. The molecule has 82 valence electrons. The number of pyridine rings is 1. The summed E-state index contributed by atoms with van der Waals surface area (Å²) in [5.74, 6) is 6.45. The van der Waals surface area contributed by atoms with Crippen LogP contribution in [0.5, 0.6) is 0 Å². The summed E-state index contributed by atoms with van der Waals surface area (Å²) in [6.07, 6.45) is 7.17. The molecular weight excluding hydrogens is 186 g/mol. The van der Waals surface area contributed by atoms with Crippen LogP contribution < -0.4 is 11.3 Å². The number of hydrogen-bond acceptors (Lipinski definition) is 3. The molecule has 2 rings (SSSR count). The number of nitrogens with one attached hydrogen (secondary N) is 1. The molecule has 3 N–H and O–H groups in total. The molecule has 0 bridgehead atoms. The molecule has 3 nitrogen and oxygen atoms in total. The summed E-state index contributed by atoms with van der Waals surface area (Å²) < 4.78 is 0. The number of nitrogens with zero attached hydrogens (tertiary/aromatic N) is 1. The summed E-state index contributed by atoms with van der Waals surface area (Å²) in [7, 11) is 0. The van der Waals surface area contributed by atoms with Gasteiger partial charge in [-0.25, -0.2) is 0 Å². The van der Waals surface area contributed by atoms with Crippen molar-refractivity contribution in [1.29, 1.82) is 0 Å². The van der Waals surface area contributed by atoms with Crippen molar-refractivity contribution in [1.82, 2.24) is 10.4 Å². The van der Waals surface area contributed by atoms with E-state index < -0.39 is 0 Å². The van der Waals surface area contributed by atoms with Gasteiger partial charge in [0, 0.05) is 17.9 Å². The minimum absolute atomic E-state index is 0.267. The third kappa shape index (κ3) is 2.55. The van der Waals surface area contributed by atoms with Crippen molar-refractivity contribution in [3.05, 3.63) is 29.6 Å². The van der Waals surface area contributed by atoms with Gasteiger partial charge in [0.25, 0.3) is 0 Å². The molecule has 1 heterocycles. The lowest BCUT2D eigenvalue weighted by Gasteiger charge is -2.29. The molecule has 0 amide bonds. The lowest BCUT2D eigenvalue weighted by atomic mass is 9.80. The summed E-state index contributed by atoms with van der Waals surface area (Å²) in [5, 5.41) is 0. The van der Waals surface area contributed by atoms with Crippen LogP contribution in [0.15, 0.2) is 18.3 Å². The first-order chi connectivity index (χ1) is 7.29. The second kappa shape index (κ2) is 4.73. The van der Waals surface area contributed by atoms with E-state index in [-0.39, 0.29) is 6.04 Å². The van der Waals surface area contributed by atoms with Crippen LogP contribution in [0.4, 0.5) is 0 Å². The fraction of sp³-hybridized carbons (Fsp3) is 0.583. The Labute approximate surface area is 91.1 Å². The maximum Gasteiger partial charge on any atom is 0.0477 e. The van der Waals surface area contributed by atoms with Crippen LogP contribution in [-0.2, 0) is 0 Å². The molecule has 1 saturated carbocycles. The number of aryl methyl sites for hydroxylation is 1. The van der Waals surface area contributed by atoms with E-state index in [1.165, 1.54) is 24.8 Å². The van der Waals surface area contributed by atoms with Crippen molar-refractivity contribution < 1.29 is 0 Å². The largest absolute Gasteiger partial charge is 0.271 e. The standard InChI is InChI=1S/C12H19N3/c1-9-5-6-11(8-14-9)12(15-13)7-10-3-2-4-10/h5-6,8,10,12,15H,2-4,7,13H2,1H3. The van der Waals surface area contributed by atoms with Gasteiger partial charge in [-0.05, 0) is 30.9 Å². The summed E-state index contributed by atoms with van der Waals surface area (Å²) in [6, 6.07) is 4.43. The fourth-order valence-corrected chi connectivity index (χ4v) is 2.05. The SMILES string of the molecule is Cc1ccc(C(CC2CCC2)NN)cn1. The van der Waals surface area contributed by atoms with E-state index in [1.807, 2.05) is 19.2 Å². The molecule has 1 aromatic heterocycles. The molecule has 1 aromatic rings. The third-order valence-electron chi connectivity index (χ3n) is 3.33. The van der Waals surface area contributed by atoms with Crippen molar-refractivity contribution in [2.45, 2.75) is 38.6 Å². The van der Waals surface area contributed by atoms with E-state index in [4.69, 9.17) is 5.84 Å². The zero-order chi connectivity index (χ0) is 10.7. The molecule has 1 aliphatic carbocycles. The number of nitrogens with two attached hydrogens (primary N) is 1. The molecule has 3 heteroatoms. The lowest BCUT2D eigenvalue weighted by molar-refractivity contribution is 0.261. The van der Waals surface area contributed by atoms with Gasteiger partial charge in [-0.15, -0.1) is 0 Å². The van der Waals surface area contributed by atoms with Crippen LogP contribution in [0.3, 0.4) is 0 Å². The lowest BCUT2D eigenvalue weighted by Crippen LogP contribution is -2.31. The minimum Gasteiger partial charge on any atom is -0.271 e. The van der Waals surface area contributed by atoms with Crippen molar-refractivity contribution in [2.24, 2.45) is 11.8 Å². The first kappa shape index (κ1) is 10.6. The Morgan fingerprint density at radius 2 is 2.33 bits per heavy atom. The van der Waals surface area contributed by atoms with Gasteiger partial charge in [0.05, 0.1) is 0 Å². The van der Waals surface area contributed by atoms with E-state index >= 15 is 0 Å². The molecule has 1 aliphatic rings. The predicted molar refractivity (Wildman–Crippen MR) is 61.0 cm³/mol. The fourth-order valence-electron chi connectivity index (χ4n) is 2.05. The molecule has 0 aliphatic heterocycles. The molecule has 1 atom stereocenters. The summed E-state index contributed by atoms with van der Waals surface area (Å²) in [4.78, 5) is 4.30. The molecular formula is C12H19N3. The maximum absolute atomic E-state index is 5.59. The van der Waals surface area contributed by atoms with Gasteiger partial charge in [0.2, 0.25) is 0 Å². The van der Waals surface area contributed by atoms with Gasteiger partial charge < -0.3 is 0 Å². The van der Waals surface area contributed by atoms with Crippen molar-refractivity contribution >= 4 is 0 Å². The Morgan fingerprint density at radius 1 is 1.53 bits per heavy atom. The van der Waals surface area contributed by atoms with Gasteiger partial charge in [-0.3, -0.25) is 16.3 Å². The Kier molecular flexibility index (Phi) is 3.34. The van der Waals surface area contributed by atoms with E-state index in [1.54, 1.807) is 0 Å². The second-order valence-corrected chi connectivity index (χ2v) is 4.48. The Hall–Kier alpha value is -0.930. The molecule has 1 unspecified atom stereocenters. The van der Waals surface area contributed by atoms with Crippen LogP contribution in [-0.4, -0.2) is 4.98 Å². The van der Waals surface area contributed by atoms with Crippen LogP contribution in [0.25, 0.3) is 0 Å². The average Bonchev–Trinajstić information content (AvgIpc) is 2.19. The summed E-state index contributed by atoms with van der Waals surface area (Å²) in [6.45, 7) is 2.00. The molecule has 0 saturated heterocycles. The second-order valence-electron chi connectivity index (χ2n) is 4.48. The minimum atomic E-state index is 0.267. The van der Waals surface area contributed by atoms with E-state index in [0.717, 1.165) is 18.0 Å². The number of rotatable bonds is 4. The zero-order valence-corrected chi connectivity index (χ0v) is 9.24. The number of hydrogen-bond donors (Lipinski definition) is 2. The van der Waals surface area contributed by atoms with E-state index in [0.29, 0.717) is 0 Å². The number of aromatic nitrogens is 1. The van der Waals surface area contributed by atoms with Gasteiger partial charge in [-0.2, -0.15) is 0 Å². The van der Waals surface area contributed by atoms with Gasteiger partial charge in [0.1, 0.15) is 0 Å². The molecule has 0 radical (unpaired) electrons. The van der Waals surface area contributed by atoms with E-state index in [2.05, 4.69) is 16.5 Å². The summed E-state index contributed by atoms with van der Waals surface area (Å²) >= 11 is 0. The monoisotopic (exact) mass is 205 g/mol. The molecule has 0 spiro atoms. The highest BCUT2D eigenvalue weighted by molar-refractivity contribution is 5.17. The Morgan fingerprint density at radius 3 is 2.80 bits per heavy atom. The van der Waals surface area contributed by atoms with Crippen molar-refractivity contribution in [2.75, 3.05) is 0 Å². The van der Waals surface area contributed by atoms with Crippen molar-refractivity contribution in [3.8, 4) is 0 Å². The topological polar surface area (TPSA) is 50.9 Å². The predicted octanol–water partition coefficient (Wildman–Crippen LogP) is 2.08. The molecule has 0 aromatic carbocycles. The van der Waals surface area contributed by atoms with Crippen molar-refractivity contribution in [3.63, 3.8) is 0 Å². The highest BCUT2D eigenvalue weighted by Gasteiger charge is 2.22. The quantitative estimate of drug-likeness (QED) is 0.584. The van der Waals surface area contributed by atoms with Gasteiger partial charge >= 0.3 is 0 Å². The zero-order valence-electron chi connectivity index (χ0n) is 9.24. The highest BCUT2D eigenvalue weighted by Crippen LogP contribution is 2.34. The number of hydrazine groups is 1. The Balaban J connectivity index is 2.01. The highest BCUT2D eigenvalue weighted by atomic mass is 15.2. The van der Waals surface area contributed by atoms with Crippen LogP contribution in [0.1, 0.15) is 43.0 Å². The molecule has 15 heavy (non-hydrogen) atoms. The molecule has 1 fully saturated rings. The van der Waals surface area contributed by atoms with Crippen LogP contribution in [0, 0.1) is 12.8 Å². The smallest absolute Gasteiger partial charge is 0.0477 e. The van der Waals surface area contributed by atoms with Crippen LogP contribution >= 0.6 is 0 Å². The van der Waals surface area contributed by atoms with Crippen LogP contribution in [0.2, 0.25) is 0 Å². The van der Waals surface area contributed by atoms with Gasteiger partial charge in [0.15, 0.2) is 0 Å². The summed E-state index contributed by atoms with van der Waals surface area (Å²) in [5.41, 5.74) is 5.15.